The third-order valence-electron chi connectivity index (χ3n) is 5.27. The van der Waals surface area contributed by atoms with Crippen molar-refractivity contribution in [3.8, 4) is 0 Å². The molecule has 2 aliphatic rings. The number of amides is 1. The highest BCUT2D eigenvalue weighted by Crippen LogP contribution is 2.35. The maximum absolute atomic E-state index is 12.6. The Hall–Kier alpha value is -2.15. The van der Waals surface area contributed by atoms with Crippen molar-refractivity contribution in [2.24, 2.45) is 5.92 Å². The van der Waals surface area contributed by atoms with Crippen molar-refractivity contribution in [3.05, 3.63) is 38.9 Å². The van der Waals surface area contributed by atoms with Crippen LogP contribution in [-0.2, 0) is 9.53 Å². The first kappa shape index (κ1) is 18.6. The Morgan fingerprint density at radius 2 is 1.96 bits per heavy atom. The van der Waals surface area contributed by atoms with Crippen molar-refractivity contribution in [1.29, 1.82) is 0 Å². The zero-order valence-electron chi connectivity index (χ0n) is 14.4. The van der Waals surface area contributed by atoms with Crippen molar-refractivity contribution in [2.45, 2.75) is 44.6 Å². The lowest BCUT2D eigenvalue weighted by Gasteiger charge is -2.44. The van der Waals surface area contributed by atoms with Gasteiger partial charge in [-0.2, -0.15) is 0 Å². The topological polar surface area (TPSA) is 89.8 Å². The number of esters is 1. The molecule has 1 aromatic carbocycles. The molecule has 1 aliphatic heterocycles. The molecule has 3 rings (SSSR count). The van der Waals surface area contributed by atoms with Crippen molar-refractivity contribution in [3.63, 3.8) is 0 Å². The minimum absolute atomic E-state index is 0.0540. The van der Waals surface area contributed by atoms with Crippen molar-refractivity contribution in [1.82, 2.24) is 4.90 Å². The quantitative estimate of drug-likeness (QED) is 0.452. The number of hydrogen-bond acceptors (Lipinski definition) is 5. The summed E-state index contributed by atoms with van der Waals surface area (Å²) < 4.78 is 5.10. The van der Waals surface area contributed by atoms with Gasteiger partial charge >= 0.3 is 5.97 Å². The lowest BCUT2D eigenvalue weighted by atomic mass is 9.78. The monoisotopic (exact) mass is 380 g/mol. The van der Waals surface area contributed by atoms with Crippen molar-refractivity contribution >= 4 is 29.2 Å². The van der Waals surface area contributed by atoms with Gasteiger partial charge in [-0.15, -0.1) is 0 Å². The molecular weight excluding hydrogens is 360 g/mol. The Morgan fingerprint density at radius 3 is 2.73 bits per heavy atom. The second-order valence-electron chi connectivity index (χ2n) is 6.84. The first-order valence-electron chi connectivity index (χ1n) is 8.88. The second-order valence-corrected chi connectivity index (χ2v) is 7.25. The number of non-ortho nitro benzene ring substituents is 1. The molecule has 7 nitrogen and oxygen atoms in total. The molecule has 2 atom stereocenters. The van der Waals surface area contributed by atoms with E-state index in [2.05, 4.69) is 0 Å². The number of nitro groups is 1. The molecule has 0 unspecified atom stereocenters. The molecule has 0 bridgehead atoms. The van der Waals surface area contributed by atoms with E-state index in [0.29, 0.717) is 12.5 Å². The Balaban J connectivity index is 1.63. The number of carbonyl (C=O) groups excluding carboxylic acids is 2. The minimum atomic E-state index is -0.829. The van der Waals surface area contributed by atoms with E-state index in [-0.39, 0.29) is 34.8 Å². The van der Waals surface area contributed by atoms with Gasteiger partial charge in [0, 0.05) is 24.7 Å². The predicted octanol–water partition coefficient (Wildman–Crippen LogP) is 3.59. The fraction of sp³-hybridized carbons (Fsp3) is 0.556. The SMILES string of the molecule is O=C(OCC(=O)N1CCC[C@@H]2CCCC[C@H]21)c1cc([N+](=O)[O-])ccc1Cl. The van der Waals surface area contributed by atoms with E-state index in [1.807, 2.05) is 4.90 Å². The van der Waals surface area contributed by atoms with Gasteiger partial charge in [0.1, 0.15) is 0 Å². The maximum Gasteiger partial charge on any atom is 0.340 e. The molecule has 2 fully saturated rings. The Labute approximate surface area is 156 Å². The number of ether oxygens (including phenoxy) is 1. The van der Waals surface area contributed by atoms with Crippen LogP contribution >= 0.6 is 11.6 Å². The number of fused-ring (bicyclic) bond motifs is 1. The van der Waals surface area contributed by atoms with Gasteiger partial charge in [-0.3, -0.25) is 14.9 Å². The van der Waals surface area contributed by atoms with Crippen LogP contribution in [0, 0.1) is 16.0 Å². The van der Waals surface area contributed by atoms with Gasteiger partial charge in [-0.05, 0) is 37.7 Å². The second kappa shape index (κ2) is 8.03. The number of benzene rings is 1. The van der Waals surface area contributed by atoms with Crippen LogP contribution in [0.5, 0.6) is 0 Å². The summed E-state index contributed by atoms with van der Waals surface area (Å²) in [7, 11) is 0. The standard InChI is InChI=1S/C18H21ClN2O5/c19-15-8-7-13(21(24)25)10-14(15)18(23)26-11-17(22)20-9-3-5-12-4-1-2-6-16(12)20/h7-8,10,12,16H,1-6,9,11H2/t12-,16+/m0/s1. The van der Waals surface area contributed by atoms with Gasteiger partial charge in [-0.25, -0.2) is 4.79 Å². The van der Waals surface area contributed by atoms with E-state index >= 15 is 0 Å². The van der Waals surface area contributed by atoms with Crippen LogP contribution in [0.2, 0.25) is 5.02 Å². The Morgan fingerprint density at radius 1 is 1.23 bits per heavy atom. The molecule has 0 aromatic heterocycles. The molecular formula is C18H21ClN2O5. The number of nitro benzene ring substituents is 1. The Bertz CT molecular complexity index is 722. The van der Waals surface area contributed by atoms with Gasteiger partial charge in [0.25, 0.3) is 11.6 Å². The molecule has 0 N–H and O–H groups in total. The number of likely N-dealkylation sites (tertiary alicyclic amines) is 1. The van der Waals surface area contributed by atoms with Gasteiger partial charge in [0.15, 0.2) is 6.61 Å². The number of rotatable bonds is 4. The zero-order valence-corrected chi connectivity index (χ0v) is 15.1. The number of piperidine rings is 1. The molecule has 1 aliphatic carbocycles. The molecule has 1 amide bonds. The van der Waals surface area contributed by atoms with E-state index in [4.69, 9.17) is 16.3 Å². The first-order valence-corrected chi connectivity index (χ1v) is 9.25. The average Bonchev–Trinajstić information content (AvgIpc) is 2.65. The summed E-state index contributed by atoms with van der Waals surface area (Å²) in [5.74, 6) is -0.496. The highest BCUT2D eigenvalue weighted by Gasteiger charge is 2.35. The number of hydrogen-bond donors (Lipinski definition) is 0. The van der Waals surface area contributed by atoms with E-state index < -0.39 is 10.9 Å². The summed E-state index contributed by atoms with van der Waals surface area (Å²) in [6.45, 7) is 0.316. The molecule has 1 saturated carbocycles. The molecule has 1 aromatic rings. The highest BCUT2D eigenvalue weighted by molar-refractivity contribution is 6.33. The fourth-order valence-corrected chi connectivity index (χ4v) is 4.20. The number of carbonyl (C=O) groups is 2. The van der Waals surface area contributed by atoms with Crippen LogP contribution in [-0.4, -0.2) is 40.9 Å². The molecule has 0 radical (unpaired) electrons. The lowest BCUT2D eigenvalue weighted by molar-refractivity contribution is -0.384. The summed E-state index contributed by atoms with van der Waals surface area (Å²) in [5, 5.41) is 10.9. The summed E-state index contributed by atoms with van der Waals surface area (Å²) in [4.78, 5) is 36.8. The molecule has 1 saturated heterocycles. The third-order valence-corrected chi connectivity index (χ3v) is 5.60. The van der Waals surface area contributed by atoms with E-state index in [9.17, 15) is 19.7 Å². The van der Waals surface area contributed by atoms with Crippen molar-refractivity contribution < 1.29 is 19.2 Å². The van der Waals surface area contributed by atoms with Gasteiger partial charge in [0.2, 0.25) is 0 Å². The summed E-state index contributed by atoms with van der Waals surface area (Å²) in [5.41, 5.74) is -0.364. The Kier molecular flexibility index (Phi) is 5.76. The molecule has 0 spiro atoms. The number of nitrogens with zero attached hydrogens (tertiary/aromatic N) is 2. The summed E-state index contributed by atoms with van der Waals surface area (Å²) in [6.07, 6.45) is 6.60. The van der Waals surface area contributed by atoms with Crippen LogP contribution in [0.3, 0.4) is 0 Å². The number of halogens is 1. The van der Waals surface area contributed by atoms with Gasteiger partial charge < -0.3 is 9.64 Å². The fourth-order valence-electron chi connectivity index (χ4n) is 4.01. The molecule has 26 heavy (non-hydrogen) atoms. The smallest absolute Gasteiger partial charge is 0.340 e. The normalized spacial score (nSPS) is 22.4. The molecule has 140 valence electrons. The van der Waals surface area contributed by atoms with Crippen LogP contribution in [0.4, 0.5) is 5.69 Å². The first-order chi connectivity index (χ1) is 12.5. The van der Waals surface area contributed by atoms with Crippen molar-refractivity contribution in [2.75, 3.05) is 13.2 Å². The predicted molar refractivity (Wildman–Crippen MR) is 95.1 cm³/mol. The summed E-state index contributed by atoms with van der Waals surface area (Å²) in [6, 6.07) is 3.79. The van der Waals surface area contributed by atoms with Gasteiger partial charge in [0.05, 0.1) is 15.5 Å². The largest absolute Gasteiger partial charge is 0.452 e. The van der Waals surface area contributed by atoms with E-state index in [1.165, 1.54) is 18.6 Å². The van der Waals surface area contributed by atoms with Crippen LogP contribution in [0.15, 0.2) is 18.2 Å². The maximum atomic E-state index is 12.6. The van der Waals surface area contributed by atoms with Crippen LogP contribution in [0.1, 0.15) is 48.9 Å². The molecule has 8 heteroatoms. The zero-order chi connectivity index (χ0) is 18.7. The lowest BCUT2D eigenvalue weighted by Crippen LogP contribution is -2.50. The molecule has 1 heterocycles. The van der Waals surface area contributed by atoms with Gasteiger partial charge in [-0.1, -0.05) is 24.4 Å². The van der Waals surface area contributed by atoms with Crippen LogP contribution in [0.25, 0.3) is 0 Å². The summed E-state index contributed by atoms with van der Waals surface area (Å²) >= 11 is 5.93. The van der Waals surface area contributed by atoms with E-state index in [1.54, 1.807) is 0 Å². The van der Waals surface area contributed by atoms with E-state index in [0.717, 1.165) is 38.2 Å². The average molecular weight is 381 g/mol. The third kappa shape index (κ3) is 3.98. The highest BCUT2D eigenvalue weighted by atomic mass is 35.5. The minimum Gasteiger partial charge on any atom is -0.452 e. The van der Waals surface area contributed by atoms with Crippen LogP contribution < -0.4 is 0 Å².